The van der Waals surface area contributed by atoms with Crippen molar-refractivity contribution in [1.82, 2.24) is 0 Å². The molecule has 0 aromatic heterocycles. The first-order valence-electron chi connectivity index (χ1n) is 9.32. The van der Waals surface area contributed by atoms with Crippen molar-refractivity contribution in [3.8, 4) is 11.5 Å². The first-order chi connectivity index (χ1) is 14.8. The molecular weight excluding hydrogens is 424 g/mol. The van der Waals surface area contributed by atoms with Gasteiger partial charge in [0.2, 0.25) is 11.8 Å². The number of rotatable bonds is 6. The third kappa shape index (κ3) is 5.49. The quantitative estimate of drug-likeness (QED) is 0.412. The Balaban J connectivity index is 1.90. The van der Waals surface area contributed by atoms with E-state index in [1.165, 1.54) is 26.0 Å². The molecule has 2 aromatic carbocycles. The molecule has 0 unspecified atom stereocenters. The second-order valence-electron chi connectivity index (χ2n) is 6.45. The standard InChI is InChI=1S/C22H19ClN2O6/c1-4-29-19-11-14(9-17(23)20(19)30-13(3)27)10-18-22(28)31-21(25-18)15-5-7-16(8-6-15)24-12(2)26/h5-11H,4H2,1-3H3,(H,24,26)/b18-10-. The molecule has 1 N–H and O–H groups in total. The highest BCUT2D eigenvalue weighted by molar-refractivity contribution is 6.32. The summed E-state index contributed by atoms with van der Waals surface area (Å²) in [6, 6.07) is 9.83. The molecule has 0 aliphatic carbocycles. The fourth-order valence-electron chi connectivity index (χ4n) is 2.77. The van der Waals surface area contributed by atoms with Crippen LogP contribution >= 0.6 is 11.6 Å². The Labute approximate surface area is 183 Å². The molecule has 0 saturated carbocycles. The van der Waals surface area contributed by atoms with E-state index in [0.717, 1.165) is 0 Å². The first kappa shape index (κ1) is 22.0. The van der Waals surface area contributed by atoms with Crippen LogP contribution in [0, 0.1) is 0 Å². The predicted octanol–water partition coefficient (Wildman–Crippen LogP) is 3.97. The molecule has 2 aromatic rings. The molecule has 0 fully saturated rings. The number of amides is 1. The number of ether oxygens (including phenoxy) is 3. The van der Waals surface area contributed by atoms with Crippen molar-refractivity contribution in [2.75, 3.05) is 11.9 Å². The van der Waals surface area contributed by atoms with Gasteiger partial charge in [-0.25, -0.2) is 9.79 Å². The molecule has 1 aliphatic heterocycles. The number of cyclic esters (lactones) is 1. The Hall–Kier alpha value is -3.65. The van der Waals surface area contributed by atoms with E-state index in [1.54, 1.807) is 37.3 Å². The number of nitrogens with one attached hydrogen (secondary N) is 1. The number of carbonyl (C=O) groups excluding carboxylic acids is 3. The van der Waals surface area contributed by atoms with Gasteiger partial charge in [-0.3, -0.25) is 9.59 Å². The second kappa shape index (κ2) is 9.44. The number of hydrogen-bond acceptors (Lipinski definition) is 7. The molecule has 160 valence electrons. The highest BCUT2D eigenvalue weighted by Crippen LogP contribution is 2.37. The van der Waals surface area contributed by atoms with Crippen LogP contribution < -0.4 is 14.8 Å². The van der Waals surface area contributed by atoms with Gasteiger partial charge in [0.25, 0.3) is 0 Å². The lowest BCUT2D eigenvalue weighted by Crippen LogP contribution is -2.07. The van der Waals surface area contributed by atoms with Gasteiger partial charge < -0.3 is 19.5 Å². The molecule has 31 heavy (non-hydrogen) atoms. The largest absolute Gasteiger partial charge is 0.490 e. The Bertz CT molecular complexity index is 1110. The highest BCUT2D eigenvalue weighted by Gasteiger charge is 2.24. The van der Waals surface area contributed by atoms with Crippen molar-refractivity contribution < 1.29 is 28.6 Å². The lowest BCUT2D eigenvalue weighted by atomic mass is 10.1. The third-order valence-electron chi connectivity index (χ3n) is 3.95. The second-order valence-corrected chi connectivity index (χ2v) is 6.86. The summed E-state index contributed by atoms with van der Waals surface area (Å²) >= 11 is 6.24. The number of hydrogen-bond donors (Lipinski definition) is 1. The van der Waals surface area contributed by atoms with Crippen molar-refractivity contribution in [3.05, 3.63) is 58.2 Å². The lowest BCUT2D eigenvalue weighted by Gasteiger charge is -2.12. The van der Waals surface area contributed by atoms with Crippen molar-refractivity contribution in [1.29, 1.82) is 0 Å². The molecule has 0 spiro atoms. The monoisotopic (exact) mass is 442 g/mol. The van der Waals surface area contributed by atoms with Crippen LogP contribution in [-0.2, 0) is 19.1 Å². The number of benzene rings is 2. The number of aliphatic imine (C=N–C) groups is 1. The van der Waals surface area contributed by atoms with Crippen molar-refractivity contribution >= 4 is 47.1 Å². The fraction of sp³-hybridized carbons (Fsp3) is 0.182. The Morgan fingerprint density at radius 3 is 2.52 bits per heavy atom. The van der Waals surface area contributed by atoms with Crippen LogP contribution in [0.15, 0.2) is 47.1 Å². The van der Waals surface area contributed by atoms with E-state index in [4.69, 9.17) is 25.8 Å². The Morgan fingerprint density at radius 1 is 1.19 bits per heavy atom. The topological polar surface area (TPSA) is 103 Å². The maximum Gasteiger partial charge on any atom is 0.363 e. The molecule has 0 bridgehead atoms. The van der Waals surface area contributed by atoms with Gasteiger partial charge in [-0.15, -0.1) is 0 Å². The summed E-state index contributed by atoms with van der Waals surface area (Å²) in [6.45, 7) is 4.77. The molecule has 3 rings (SSSR count). The van der Waals surface area contributed by atoms with E-state index < -0.39 is 11.9 Å². The van der Waals surface area contributed by atoms with E-state index in [2.05, 4.69) is 10.3 Å². The van der Waals surface area contributed by atoms with E-state index in [-0.39, 0.29) is 34.0 Å². The smallest absolute Gasteiger partial charge is 0.363 e. The zero-order chi connectivity index (χ0) is 22.5. The Kier molecular flexibility index (Phi) is 6.71. The summed E-state index contributed by atoms with van der Waals surface area (Å²) in [5, 5.41) is 2.81. The molecule has 0 atom stereocenters. The van der Waals surface area contributed by atoms with Gasteiger partial charge >= 0.3 is 11.9 Å². The van der Waals surface area contributed by atoms with Crippen LogP contribution in [0.5, 0.6) is 11.5 Å². The summed E-state index contributed by atoms with van der Waals surface area (Å²) in [7, 11) is 0. The average Bonchev–Trinajstić information content (AvgIpc) is 3.05. The molecule has 1 heterocycles. The molecular formula is C22H19ClN2O6. The first-order valence-corrected chi connectivity index (χ1v) is 9.70. The normalized spacial score (nSPS) is 14.1. The van der Waals surface area contributed by atoms with Crippen LogP contribution in [0.25, 0.3) is 6.08 Å². The van der Waals surface area contributed by atoms with E-state index in [0.29, 0.717) is 23.4 Å². The molecule has 0 radical (unpaired) electrons. The van der Waals surface area contributed by atoms with Gasteiger partial charge in [0.1, 0.15) is 0 Å². The number of halogens is 1. The highest BCUT2D eigenvalue weighted by atomic mass is 35.5. The zero-order valence-electron chi connectivity index (χ0n) is 17.0. The molecule has 8 nitrogen and oxygen atoms in total. The summed E-state index contributed by atoms with van der Waals surface area (Å²) in [4.78, 5) is 39.0. The van der Waals surface area contributed by atoms with Crippen molar-refractivity contribution in [2.45, 2.75) is 20.8 Å². The van der Waals surface area contributed by atoms with Crippen LogP contribution in [0.2, 0.25) is 5.02 Å². The van der Waals surface area contributed by atoms with Crippen LogP contribution in [0.1, 0.15) is 31.9 Å². The van der Waals surface area contributed by atoms with E-state index >= 15 is 0 Å². The summed E-state index contributed by atoms with van der Waals surface area (Å²) in [5.41, 5.74) is 1.77. The lowest BCUT2D eigenvalue weighted by molar-refractivity contribution is -0.132. The van der Waals surface area contributed by atoms with Crippen LogP contribution in [-0.4, -0.2) is 30.4 Å². The van der Waals surface area contributed by atoms with Crippen molar-refractivity contribution in [2.24, 2.45) is 4.99 Å². The molecule has 1 amide bonds. The predicted molar refractivity (Wildman–Crippen MR) is 115 cm³/mol. The maximum atomic E-state index is 12.3. The summed E-state index contributed by atoms with van der Waals surface area (Å²) in [5.74, 6) is -0.839. The molecule has 0 saturated heterocycles. The maximum absolute atomic E-state index is 12.3. The van der Waals surface area contributed by atoms with Gasteiger partial charge in [0.05, 0.1) is 11.6 Å². The SMILES string of the molecule is CCOc1cc(/C=C2\N=C(c3ccc(NC(C)=O)cc3)OC2=O)cc(Cl)c1OC(C)=O. The summed E-state index contributed by atoms with van der Waals surface area (Å²) < 4.78 is 15.9. The van der Waals surface area contributed by atoms with Crippen LogP contribution in [0.3, 0.4) is 0 Å². The van der Waals surface area contributed by atoms with Gasteiger partial charge in [-0.05, 0) is 55.0 Å². The van der Waals surface area contributed by atoms with Crippen LogP contribution in [0.4, 0.5) is 5.69 Å². The van der Waals surface area contributed by atoms with Gasteiger partial charge in [0.15, 0.2) is 17.2 Å². The number of carbonyl (C=O) groups is 3. The minimum Gasteiger partial charge on any atom is -0.490 e. The summed E-state index contributed by atoms with van der Waals surface area (Å²) in [6.07, 6.45) is 1.49. The number of esters is 2. The van der Waals surface area contributed by atoms with E-state index in [1.807, 2.05) is 0 Å². The Morgan fingerprint density at radius 2 is 1.90 bits per heavy atom. The fourth-order valence-corrected chi connectivity index (χ4v) is 3.02. The molecule has 1 aliphatic rings. The van der Waals surface area contributed by atoms with Gasteiger partial charge in [-0.2, -0.15) is 0 Å². The van der Waals surface area contributed by atoms with Gasteiger partial charge in [0, 0.05) is 25.1 Å². The number of anilines is 1. The molecule has 9 heteroatoms. The zero-order valence-corrected chi connectivity index (χ0v) is 17.8. The number of nitrogens with zero attached hydrogens (tertiary/aromatic N) is 1. The van der Waals surface area contributed by atoms with Crippen molar-refractivity contribution in [3.63, 3.8) is 0 Å². The third-order valence-corrected chi connectivity index (χ3v) is 4.23. The minimum absolute atomic E-state index is 0.0692. The van der Waals surface area contributed by atoms with E-state index in [9.17, 15) is 14.4 Å². The average molecular weight is 443 g/mol. The van der Waals surface area contributed by atoms with Gasteiger partial charge in [-0.1, -0.05) is 11.6 Å². The minimum atomic E-state index is -0.626.